The zero-order chi connectivity index (χ0) is 16.0. The SMILES string of the molecule is Cc1oc2ccc(N3CC(c4ccccc4)C3)cc2c1C(=O)O. The van der Waals surface area contributed by atoms with Gasteiger partial charge in [0.1, 0.15) is 16.9 Å². The Morgan fingerprint density at radius 1 is 1.17 bits per heavy atom. The van der Waals surface area contributed by atoms with Crippen LogP contribution in [-0.4, -0.2) is 24.2 Å². The summed E-state index contributed by atoms with van der Waals surface area (Å²) in [5.74, 6) is 0.0523. The first-order valence-electron chi connectivity index (χ1n) is 7.70. The highest BCUT2D eigenvalue weighted by atomic mass is 16.4. The molecule has 0 amide bonds. The molecule has 3 aromatic rings. The second-order valence-electron chi connectivity index (χ2n) is 6.03. The van der Waals surface area contributed by atoms with Gasteiger partial charge in [-0.3, -0.25) is 0 Å². The predicted octanol–water partition coefficient (Wildman–Crippen LogP) is 4.04. The normalized spacial score (nSPS) is 14.9. The van der Waals surface area contributed by atoms with Crippen LogP contribution in [0.1, 0.15) is 27.6 Å². The van der Waals surface area contributed by atoms with Gasteiger partial charge in [0.05, 0.1) is 0 Å². The van der Waals surface area contributed by atoms with Crippen molar-refractivity contribution in [3.8, 4) is 0 Å². The lowest BCUT2D eigenvalue weighted by atomic mass is 9.91. The fourth-order valence-electron chi connectivity index (χ4n) is 3.30. The zero-order valence-electron chi connectivity index (χ0n) is 12.8. The Morgan fingerprint density at radius 3 is 2.61 bits per heavy atom. The Hall–Kier alpha value is -2.75. The van der Waals surface area contributed by atoms with Crippen LogP contribution in [0.4, 0.5) is 5.69 Å². The molecule has 1 aliphatic rings. The molecular weight excluding hydrogens is 290 g/mol. The van der Waals surface area contributed by atoms with E-state index in [-0.39, 0.29) is 5.56 Å². The third kappa shape index (κ3) is 2.27. The van der Waals surface area contributed by atoms with E-state index < -0.39 is 5.97 Å². The molecular formula is C19H17NO3. The summed E-state index contributed by atoms with van der Waals surface area (Å²) in [5, 5.41) is 10.0. The van der Waals surface area contributed by atoms with Crippen LogP contribution in [0.25, 0.3) is 11.0 Å². The standard InChI is InChI=1S/C19H17NO3/c1-12-18(19(21)22)16-9-15(7-8-17(16)23-12)20-10-14(11-20)13-5-3-2-4-6-13/h2-9,14H,10-11H2,1H3,(H,21,22). The molecule has 2 heterocycles. The third-order valence-corrected chi connectivity index (χ3v) is 4.58. The summed E-state index contributed by atoms with van der Waals surface area (Å²) in [6, 6.07) is 16.3. The topological polar surface area (TPSA) is 53.7 Å². The maximum absolute atomic E-state index is 11.4. The summed E-state index contributed by atoms with van der Waals surface area (Å²) in [6.45, 7) is 3.60. The van der Waals surface area contributed by atoms with Gasteiger partial charge < -0.3 is 14.4 Å². The average Bonchev–Trinajstić information content (AvgIpc) is 2.82. The number of fused-ring (bicyclic) bond motifs is 1. The number of hydrogen-bond donors (Lipinski definition) is 1. The molecule has 1 N–H and O–H groups in total. The number of nitrogens with zero attached hydrogens (tertiary/aromatic N) is 1. The minimum atomic E-state index is -0.941. The number of anilines is 1. The van der Waals surface area contributed by atoms with E-state index in [1.807, 2.05) is 24.3 Å². The molecule has 4 rings (SSSR count). The second-order valence-corrected chi connectivity index (χ2v) is 6.03. The Morgan fingerprint density at radius 2 is 1.91 bits per heavy atom. The molecule has 23 heavy (non-hydrogen) atoms. The van der Waals surface area contributed by atoms with E-state index in [1.54, 1.807) is 6.92 Å². The molecule has 1 aromatic heterocycles. The minimum Gasteiger partial charge on any atom is -0.478 e. The zero-order valence-corrected chi connectivity index (χ0v) is 12.8. The van der Waals surface area contributed by atoms with Crippen molar-refractivity contribution >= 4 is 22.6 Å². The number of aromatic carboxylic acids is 1. The molecule has 0 spiro atoms. The number of benzene rings is 2. The first kappa shape index (κ1) is 13.9. The van der Waals surface area contributed by atoms with E-state index in [4.69, 9.17) is 4.42 Å². The third-order valence-electron chi connectivity index (χ3n) is 4.58. The smallest absolute Gasteiger partial charge is 0.339 e. The minimum absolute atomic E-state index is 0.266. The molecule has 0 saturated carbocycles. The van der Waals surface area contributed by atoms with E-state index in [2.05, 4.69) is 29.2 Å². The number of aryl methyl sites for hydroxylation is 1. The average molecular weight is 307 g/mol. The summed E-state index contributed by atoms with van der Waals surface area (Å²) in [5.41, 5.74) is 3.30. The molecule has 1 aliphatic heterocycles. The van der Waals surface area contributed by atoms with Gasteiger partial charge in [-0.25, -0.2) is 4.79 Å². The number of carbonyl (C=O) groups is 1. The van der Waals surface area contributed by atoms with Crippen molar-refractivity contribution in [1.82, 2.24) is 0 Å². The maximum atomic E-state index is 11.4. The summed E-state index contributed by atoms with van der Waals surface area (Å²) < 4.78 is 5.54. The first-order valence-corrected chi connectivity index (χ1v) is 7.70. The number of hydrogen-bond acceptors (Lipinski definition) is 3. The van der Waals surface area contributed by atoms with Crippen LogP contribution in [0.15, 0.2) is 52.9 Å². The predicted molar refractivity (Wildman–Crippen MR) is 89.3 cm³/mol. The maximum Gasteiger partial charge on any atom is 0.339 e. The molecule has 1 fully saturated rings. The van der Waals surface area contributed by atoms with Crippen LogP contribution in [0, 0.1) is 6.92 Å². The molecule has 4 nitrogen and oxygen atoms in total. The largest absolute Gasteiger partial charge is 0.478 e. The van der Waals surface area contributed by atoms with Crippen molar-refractivity contribution < 1.29 is 14.3 Å². The lowest BCUT2D eigenvalue weighted by molar-refractivity contribution is 0.0697. The van der Waals surface area contributed by atoms with Crippen LogP contribution in [0.5, 0.6) is 0 Å². The first-order chi connectivity index (χ1) is 11.1. The fourth-order valence-corrected chi connectivity index (χ4v) is 3.30. The van der Waals surface area contributed by atoms with Gasteiger partial charge in [0.15, 0.2) is 0 Å². The van der Waals surface area contributed by atoms with Crippen LogP contribution >= 0.6 is 0 Å². The highest BCUT2D eigenvalue weighted by Crippen LogP contribution is 2.35. The van der Waals surface area contributed by atoms with E-state index >= 15 is 0 Å². The Kier molecular flexibility index (Phi) is 3.11. The summed E-state index contributed by atoms with van der Waals surface area (Å²) in [4.78, 5) is 13.7. The lowest BCUT2D eigenvalue weighted by Crippen LogP contribution is -2.44. The van der Waals surface area contributed by atoms with Gasteiger partial charge in [0, 0.05) is 30.1 Å². The summed E-state index contributed by atoms with van der Waals surface area (Å²) in [7, 11) is 0. The van der Waals surface area contributed by atoms with Crippen LogP contribution < -0.4 is 4.90 Å². The number of carboxylic acids is 1. The van der Waals surface area contributed by atoms with Crippen molar-refractivity contribution in [2.45, 2.75) is 12.8 Å². The summed E-state index contributed by atoms with van der Waals surface area (Å²) in [6.07, 6.45) is 0. The Balaban J connectivity index is 1.61. The Labute approximate surface area is 133 Å². The van der Waals surface area contributed by atoms with E-state index in [0.717, 1.165) is 18.8 Å². The molecule has 1 saturated heterocycles. The van der Waals surface area contributed by atoms with Crippen molar-refractivity contribution in [2.24, 2.45) is 0 Å². The van der Waals surface area contributed by atoms with E-state index in [0.29, 0.717) is 22.6 Å². The Bertz CT molecular complexity index is 876. The fraction of sp³-hybridized carbons (Fsp3) is 0.211. The van der Waals surface area contributed by atoms with Crippen molar-refractivity contribution in [1.29, 1.82) is 0 Å². The van der Waals surface area contributed by atoms with E-state index in [1.165, 1.54) is 5.56 Å². The van der Waals surface area contributed by atoms with Gasteiger partial charge in [-0.1, -0.05) is 30.3 Å². The van der Waals surface area contributed by atoms with Gasteiger partial charge in [-0.2, -0.15) is 0 Å². The van der Waals surface area contributed by atoms with E-state index in [9.17, 15) is 9.90 Å². The monoisotopic (exact) mass is 307 g/mol. The number of carboxylic acid groups (broad SMARTS) is 1. The van der Waals surface area contributed by atoms with Gasteiger partial charge in [0.2, 0.25) is 0 Å². The van der Waals surface area contributed by atoms with Crippen LogP contribution in [0.2, 0.25) is 0 Å². The molecule has 0 bridgehead atoms. The highest BCUT2D eigenvalue weighted by molar-refractivity contribution is 6.04. The van der Waals surface area contributed by atoms with Crippen molar-refractivity contribution in [3.05, 3.63) is 65.4 Å². The van der Waals surface area contributed by atoms with Gasteiger partial charge in [-0.15, -0.1) is 0 Å². The number of furan rings is 1. The second kappa shape index (κ2) is 5.16. The molecule has 2 aromatic carbocycles. The molecule has 4 heteroatoms. The van der Waals surface area contributed by atoms with Gasteiger partial charge in [0.25, 0.3) is 0 Å². The van der Waals surface area contributed by atoms with Crippen molar-refractivity contribution in [2.75, 3.05) is 18.0 Å². The van der Waals surface area contributed by atoms with Crippen molar-refractivity contribution in [3.63, 3.8) is 0 Å². The molecule has 0 aliphatic carbocycles. The molecule has 0 atom stereocenters. The molecule has 116 valence electrons. The van der Waals surface area contributed by atoms with Crippen LogP contribution in [0.3, 0.4) is 0 Å². The van der Waals surface area contributed by atoms with Gasteiger partial charge in [-0.05, 0) is 30.7 Å². The quantitative estimate of drug-likeness (QED) is 0.793. The highest BCUT2D eigenvalue weighted by Gasteiger charge is 2.29. The lowest BCUT2D eigenvalue weighted by Gasteiger charge is -2.41. The van der Waals surface area contributed by atoms with Crippen LogP contribution in [-0.2, 0) is 0 Å². The molecule has 0 radical (unpaired) electrons. The summed E-state index contributed by atoms with van der Waals surface area (Å²) >= 11 is 0. The molecule has 0 unspecified atom stereocenters. The van der Waals surface area contributed by atoms with Gasteiger partial charge >= 0.3 is 5.97 Å². The number of rotatable bonds is 3.